The monoisotopic (exact) mass is 198 g/mol. The van der Waals surface area contributed by atoms with Crippen molar-refractivity contribution in [2.24, 2.45) is 5.73 Å². The highest BCUT2D eigenvalue weighted by molar-refractivity contribution is 6.08. The molecule has 1 nitrogen and oxygen atoms in total. The Morgan fingerprint density at radius 3 is 1.38 bits per heavy atom. The molecule has 0 aliphatic carbocycles. The van der Waals surface area contributed by atoms with E-state index in [4.69, 9.17) is 5.73 Å². The molecule has 3 radical (unpaired) electrons. The van der Waals surface area contributed by atoms with Gasteiger partial charge in [0.25, 0.3) is 0 Å². The highest BCUT2D eigenvalue weighted by atomic mass is 28.1. The molecule has 0 saturated heterocycles. The van der Waals surface area contributed by atoms with Gasteiger partial charge in [0.15, 0.2) is 0 Å². The van der Waals surface area contributed by atoms with Gasteiger partial charge < -0.3 is 5.73 Å². The van der Waals surface area contributed by atoms with Gasteiger partial charge in [-0.3, -0.25) is 0 Å². The Hall–Kier alpha value is 0.177. The molecule has 0 spiro atoms. The van der Waals surface area contributed by atoms with E-state index in [1.165, 1.54) is 57.8 Å². The normalized spacial score (nSPS) is 10.6. The van der Waals surface area contributed by atoms with Crippen molar-refractivity contribution >= 4 is 10.2 Å². The first-order valence-electron chi connectivity index (χ1n) is 5.76. The van der Waals surface area contributed by atoms with Crippen molar-refractivity contribution in [1.29, 1.82) is 0 Å². The molecule has 0 saturated carbocycles. The molecule has 0 aliphatic rings. The van der Waals surface area contributed by atoms with E-state index >= 15 is 0 Å². The van der Waals surface area contributed by atoms with Crippen LogP contribution >= 0.6 is 0 Å². The maximum absolute atomic E-state index is 5.42. The standard InChI is InChI=1S/C11H24NSi/c12-10-8-6-4-2-1-3-5-7-9-11-13/h1-12H2. The average molecular weight is 198 g/mol. The lowest BCUT2D eigenvalue weighted by Gasteiger charge is -2.00. The van der Waals surface area contributed by atoms with Crippen LogP contribution in [0.1, 0.15) is 57.8 Å². The quantitative estimate of drug-likeness (QED) is 0.424. The van der Waals surface area contributed by atoms with Crippen LogP contribution in [0.2, 0.25) is 6.04 Å². The maximum Gasteiger partial charge on any atom is 0.0222 e. The molecule has 0 rings (SSSR count). The first-order valence-corrected chi connectivity index (χ1v) is 6.47. The lowest BCUT2D eigenvalue weighted by atomic mass is 10.1. The van der Waals surface area contributed by atoms with Crippen molar-refractivity contribution in [2.75, 3.05) is 6.54 Å². The molecule has 0 aliphatic heterocycles. The fourth-order valence-corrected chi connectivity index (χ4v) is 1.76. The highest BCUT2D eigenvalue weighted by Crippen LogP contribution is 2.09. The summed E-state index contributed by atoms with van der Waals surface area (Å²) in [5.41, 5.74) is 5.42. The SMILES string of the molecule is NCCCCCCCCCCC[Si]. The number of hydrogen-bond donors (Lipinski definition) is 1. The third kappa shape index (κ3) is 12.2. The summed E-state index contributed by atoms with van der Waals surface area (Å²) in [4.78, 5) is 0. The Morgan fingerprint density at radius 2 is 1.00 bits per heavy atom. The lowest BCUT2D eigenvalue weighted by Crippen LogP contribution is -1.97. The molecular weight excluding hydrogens is 174 g/mol. The van der Waals surface area contributed by atoms with Crippen LogP contribution < -0.4 is 5.73 Å². The smallest absolute Gasteiger partial charge is 0.0222 e. The molecule has 0 heterocycles. The third-order valence-corrected chi connectivity index (χ3v) is 2.73. The number of nitrogens with two attached hydrogens (primary N) is 1. The van der Waals surface area contributed by atoms with Gasteiger partial charge >= 0.3 is 0 Å². The summed E-state index contributed by atoms with van der Waals surface area (Å²) < 4.78 is 0. The van der Waals surface area contributed by atoms with Crippen LogP contribution in [0.15, 0.2) is 0 Å². The van der Waals surface area contributed by atoms with Gasteiger partial charge in [-0.1, -0.05) is 57.4 Å². The molecule has 2 heteroatoms. The van der Waals surface area contributed by atoms with Crippen LogP contribution in [0, 0.1) is 0 Å². The molecule has 2 N–H and O–H groups in total. The molecule has 0 unspecified atom stereocenters. The minimum absolute atomic E-state index is 0.866. The second-order valence-electron chi connectivity index (χ2n) is 3.72. The summed E-state index contributed by atoms with van der Waals surface area (Å²) in [5, 5.41) is 0. The molecule has 0 bridgehead atoms. The largest absolute Gasteiger partial charge is 0.330 e. The zero-order chi connectivity index (χ0) is 9.78. The van der Waals surface area contributed by atoms with Gasteiger partial charge in [-0.2, -0.15) is 0 Å². The van der Waals surface area contributed by atoms with E-state index in [9.17, 15) is 0 Å². The van der Waals surface area contributed by atoms with Crippen LogP contribution in [0.3, 0.4) is 0 Å². The summed E-state index contributed by atoms with van der Waals surface area (Å²) >= 11 is 0. The van der Waals surface area contributed by atoms with Gasteiger partial charge in [-0.25, -0.2) is 0 Å². The number of rotatable bonds is 10. The molecule has 0 fully saturated rings. The first kappa shape index (κ1) is 13.2. The number of hydrogen-bond acceptors (Lipinski definition) is 1. The molecule has 13 heavy (non-hydrogen) atoms. The van der Waals surface area contributed by atoms with E-state index < -0.39 is 0 Å². The van der Waals surface area contributed by atoms with Gasteiger partial charge in [-0.05, 0) is 13.0 Å². The Labute approximate surface area is 86.9 Å². The zero-order valence-electron chi connectivity index (χ0n) is 8.86. The molecule has 77 valence electrons. The van der Waals surface area contributed by atoms with E-state index in [1.54, 1.807) is 0 Å². The Bertz CT molecular complexity index is 76.2. The van der Waals surface area contributed by atoms with Gasteiger partial charge in [-0.15, -0.1) is 0 Å². The van der Waals surface area contributed by atoms with E-state index in [2.05, 4.69) is 10.2 Å². The average Bonchev–Trinajstić information content (AvgIpc) is 2.16. The van der Waals surface area contributed by atoms with Crippen LogP contribution in [-0.2, 0) is 0 Å². The van der Waals surface area contributed by atoms with Gasteiger partial charge in [0, 0.05) is 10.2 Å². The van der Waals surface area contributed by atoms with Crippen molar-refractivity contribution in [1.82, 2.24) is 0 Å². The minimum atomic E-state index is 0.866. The van der Waals surface area contributed by atoms with E-state index in [1.807, 2.05) is 0 Å². The van der Waals surface area contributed by atoms with Crippen LogP contribution in [0.5, 0.6) is 0 Å². The van der Waals surface area contributed by atoms with E-state index in [0.717, 1.165) is 12.6 Å². The second-order valence-corrected chi connectivity index (χ2v) is 4.22. The van der Waals surface area contributed by atoms with Crippen molar-refractivity contribution in [2.45, 2.75) is 63.8 Å². The summed E-state index contributed by atoms with van der Waals surface area (Å²) in [6.45, 7) is 0.866. The zero-order valence-corrected chi connectivity index (χ0v) is 9.86. The molecular formula is C11H24NSi. The van der Waals surface area contributed by atoms with Crippen molar-refractivity contribution in [3.63, 3.8) is 0 Å². The van der Waals surface area contributed by atoms with Gasteiger partial charge in [0.2, 0.25) is 0 Å². The first-order chi connectivity index (χ1) is 6.41. The van der Waals surface area contributed by atoms with Gasteiger partial charge in [0.05, 0.1) is 0 Å². The lowest BCUT2D eigenvalue weighted by molar-refractivity contribution is 0.567. The summed E-state index contributed by atoms with van der Waals surface area (Å²) in [6.07, 6.45) is 12.3. The topological polar surface area (TPSA) is 26.0 Å². The fourth-order valence-electron chi connectivity index (χ4n) is 1.51. The molecule has 0 aromatic carbocycles. The summed E-state index contributed by atoms with van der Waals surface area (Å²) in [5.74, 6) is 0. The van der Waals surface area contributed by atoms with Crippen LogP contribution in [0.25, 0.3) is 0 Å². The Morgan fingerprint density at radius 1 is 0.615 bits per heavy atom. The molecule has 0 amide bonds. The van der Waals surface area contributed by atoms with Crippen molar-refractivity contribution in [3.05, 3.63) is 0 Å². The van der Waals surface area contributed by atoms with Crippen molar-refractivity contribution < 1.29 is 0 Å². The van der Waals surface area contributed by atoms with Gasteiger partial charge in [0.1, 0.15) is 0 Å². The molecule has 0 aromatic rings. The third-order valence-electron chi connectivity index (χ3n) is 2.38. The second kappa shape index (κ2) is 12.2. The van der Waals surface area contributed by atoms with Crippen LogP contribution in [-0.4, -0.2) is 16.8 Å². The summed E-state index contributed by atoms with van der Waals surface area (Å²) in [7, 11) is 3.49. The predicted octanol–water partition coefficient (Wildman–Crippen LogP) is 3.04. The van der Waals surface area contributed by atoms with Crippen LogP contribution in [0.4, 0.5) is 0 Å². The molecule has 0 aromatic heterocycles. The maximum atomic E-state index is 5.42. The van der Waals surface area contributed by atoms with E-state index in [0.29, 0.717) is 0 Å². The van der Waals surface area contributed by atoms with E-state index in [-0.39, 0.29) is 0 Å². The number of unbranched alkanes of at least 4 members (excludes halogenated alkanes) is 8. The fraction of sp³-hybridized carbons (Fsp3) is 1.00. The van der Waals surface area contributed by atoms with Crippen molar-refractivity contribution in [3.8, 4) is 0 Å². The Balaban J connectivity index is 2.76. The molecule has 0 atom stereocenters. The summed E-state index contributed by atoms with van der Waals surface area (Å²) in [6, 6.07) is 1.16. The Kier molecular flexibility index (Phi) is 12.3. The minimum Gasteiger partial charge on any atom is -0.330 e. The predicted molar refractivity (Wildman–Crippen MR) is 61.2 cm³/mol. The highest BCUT2D eigenvalue weighted by Gasteiger charge is 1.91.